The molecule has 1 saturated heterocycles. The molecule has 1 fully saturated rings. The van der Waals surface area contributed by atoms with Gasteiger partial charge in [-0.2, -0.15) is 5.10 Å². The Balaban J connectivity index is 2.39. The Morgan fingerprint density at radius 1 is 1.38 bits per heavy atom. The second-order valence-electron chi connectivity index (χ2n) is 5.89. The van der Waals surface area contributed by atoms with Crippen LogP contribution in [0.2, 0.25) is 0 Å². The fourth-order valence-corrected chi connectivity index (χ4v) is 3.00. The molecule has 21 heavy (non-hydrogen) atoms. The molecule has 0 radical (unpaired) electrons. The van der Waals surface area contributed by atoms with Gasteiger partial charge in [0, 0.05) is 7.05 Å². The molecule has 7 heteroatoms. The highest BCUT2D eigenvalue weighted by atomic mass is 79.9. The van der Waals surface area contributed by atoms with Gasteiger partial charge < -0.3 is 10.2 Å². The summed E-state index contributed by atoms with van der Waals surface area (Å²) in [6, 6.07) is -0.446. The third kappa shape index (κ3) is 2.59. The van der Waals surface area contributed by atoms with Crippen molar-refractivity contribution in [2.24, 2.45) is 7.05 Å². The van der Waals surface area contributed by atoms with Gasteiger partial charge in [0.25, 0.3) is 0 Å². The lowest BCUT2D eigenvalue weighted by atomic mass is 9.94. The number of amides is 2. The van der Waals surface area contributed by atoms with Crippen LogP contribution in [-0.4, -0.2) is 38.1 Å². The minimum absolute atomic E-state index is 0.0483. The molecule has 1 N–H and O–H groups in total. The summed E-state index contributed by atoms with van der Waals surface area (Å²) < 4.78 is 2.63. The van der Waals surface area contributed by atoms with Gasteiger partial charge in [0.15, 0.2) is 0 Å². The fraction of sp³-hybridized carbons (Fsp3) is 0.643. The molecular weight excluding hydrogens is 336 g/mol. The van der Waals surface area contributed by atoms with Crippen LogP contribution in [0.25, 0.3) is 0 Å². The number of hydrogen-bond acceptors (Lipinski definition) is 3. The summed E-state index contributed by atoms with van der Waals surface area (Å²) in [5.74, 6) is -0.170. The molecule has 1 aliphatic rings. The summed E-state index contributed by atoms with van der Waals surface area (Å²) in [7, 11) is 1.84. The smallest absolute Gasteiger partial charge is 0.246 e. The normalized spacial score (nSPS) is 21.6. The highest BCUT2D eigenvalue weighted by molar-refractivity contribution is 9.10. The average Bonchev–Trinajstić information content (AvgIpc) is 2.64. The van der Waals surface area contributed by atoms with Crippen molar-refractivity contribution in [1.29, 1.82) is 0 Å². The first-order chi connectivity index (χ1) is 9.70. The lowest BCUT2D eigenvalue weighted by Crippen LogP contribution is -2.67. The monoisotopic (exact) mass is 356 g/mol. The first-order valence-corrected chi connectivity index (χ1v) is 7.79. The maximum absolute atomic E-state index is 12.6. The summed E-state index contributed by atoms with van der Waals surface area (Å²) in [4.78, 5) is 26.5. The second kappa shape index (κ2) is 5.44. The molecule has 116 valence electrons. The number of halogens is 1. The molecule has 1 aliphatic heterocycles. The summed E-state index contributed by atoms with van der Waals surface area (Å²) in [6.07, 6.45) is 0.586. The second-order valence-corrected chi connectivity index (χ2v) is 6.68. The van der Waals surface area contributed by atoms with E-state index < -0.39 is 11.6 Å². The lowest BCUT2D eigenvalue weighted by molar-refractivity contribution is -0.156. The largest absolute Gasteiger partial charge is 0.342 e. The molecule has 2 amide bonds. The quantitative estimate of drug-likeness (QED) is 0.892. The third-order valence-electron chi connectivity index (χ3n) is 4.08. The van der Waals surface area contributed by atoms with Crippen molar-refractivity contribution in [2.75, 3.05) is 0 Å². The standard InChI is InChI=1S/C14H21BrN4O2/c1-6-9-12(20)19(14(3,4)13(21)16-9)7-10-11(15)8(2)17-18(10)5/h9H,6-7H2,1-5H3,(H,16,21). The highest BCUT2D eigenvalue weighted by Gasteiger charge is 2.46. The van der Waals surface area contributed by atoms with Crippen molar-refractivity contribution in [3.8, 4) is 0 Å². The van der Waals surface area contributed by atoms with Crippen molar-refractivity contribution in [2.45, 2.75) is 52.2 Å². The number of nitrogens with zero attached hydrogens (tertiary/aromatic N) is 3. The Morgan fingerprint density at radius 2 is 2.00 bits per heavy atom. The average molecular weight is 357 g/mol. The molecule has 1 atom stereocenters. The van der Waals surface area contributed by atoms with Crippen LogP contribution in [0.3, 0.4) is 0 Å². The Morgan fingerprint density at radius 3 is 2.48 bits per heavy atom. The first-order valence-electron chi connectivity index (χ1n) is 7.00. The zero-order chi connectivity index (χ0) is 15.9. The summed E-state index contributed by atoms with van der Waals surface area (Å²) >= 11 is 3.51. The van der Waals surface area contributed by atoms with Gasteiger partial charge >= 0.3 is 0 Å². The van der Waals surface area contributed by atoms with Crippen molar-refractivity contribution in [3.05, 3.63) is 15.9 Å². The van der Waals surface area contributed by atoms with Crippen LogP contribution in [0.1, 0.15) is 38.6 Å². The van der Waals surface area contributed by atoms with E-state index >= 15 is 0 Å². The first kappa shape index (κ1) is 16.0. The molecule has 2 rings (SSSR count). The fourth-order valence-electron chi connectivity index (χ4n) is 2.54. The van der Waals surface area contributed by atoms with Crippen LogP contribution < -0.4 is 5.32 Å². The van der Waals surface area contributed by atoms with Crippen LogP contribution >= 0.6 is 15.9 Å². The van der Waals surface area contributed by atoms with E-state index in [1.165, 1.54) is 0 Å². The Kier molecular flexibility index (Phi) is 4.15. The van der Waals surface area contributed by atoms with E-state index in [1.807, 2.05) is 20.9 Å². The number of nitrogens with one attached hydrogen (secondary N) is 1. The Hall–Kier alpha value is -1.37. The number of aromatic nitrogens is 2. The number of hydrogen-bond donors (Lipinski definition) is 1. The van der Waals surface area contributed by atoms with Crippen LogP contribution in [0.4, 0.5) is 0 Å². The van der Waals surface area contributed by atoms with Crippen LogP contribution in [0.5, 0.6) is 0 Å². The van der Waals surface area contributed by atoms with Crippen molar-refractivity contribution >= 4 is 27.7 Å². The van der Waals surface area contributed by atoms with E-state index in [9.17, 15) is 9.59 Å². The van der Waals surface area contributed by atoms with E-state index in [4.69, 9.17) is 0 Å². The van der Waals surface area contributed by atoms with E-state index in [0.717, 1.165) is 15.9 Å². The molecular formula is C14H21BrN4O2. The zero-order valence-corrected chi connectivity index (χ0v) is 14.6. The van der Waals surface area contributed by atoms with Crippen molar-refractivity contribution in [3.63, 3.8) is 0 Å². The molecule has 0 aromatic carbocycles. The topological polar surface area (TPSA) is 67.2 Å². The number of rotatable bonds is 3. The predicted octanol–water partition coefficient (Wildman–Crippen LogP) is 1.51. The molecule has 1 unspecified atom stereocenters. The van der Waals surface area contributed by atoms with Gasteiger partial charge in [-0.25, -0.2) is 0 Å². The summed E-state index contributed by atoms with van der Waals surface area (Å²) in [6.45, 7) is 7.68. The maximum Gasteiger partial charge on any atom is 0.246 e. The van der Waals surface area contributed by atoms with Gasteiger partial charge in [0.05, 0.1) is 22.4 Å². The van der Waals surface area contributed by atoms with E-state index in [1.54, 1.807) is 23.4 Å². The third-order valence-corrected chi connectivity index (χ3v) is 5.11. The molecule has 0 aliphatic carbocycles. The minimum atomic E-state index is -0.875. The van der Waals surface area contributed by atoms with E-state index in [-0.39, 0.29) is 11.8 Å². The molecule has 0 saturated carbocycles. The lowest BCUT2D eigenvalue weighted by Gasteiger charge is -2.44. The van der Waals surface area contributed by atoms with E-state index in [0.29, 0.717) is 13.0 Å². The summed E-state index contributed by atoms with van der Waals surface area (Å²) in [5.41, 5.74) is 0.880. The van der Waals surface area contributed by atoms with Crippen molar-refractivity contribution in [1.82, 2.24) is 20.0 Å². The number of aryl methyl sites for hydroxylation is 2. The number of carbonyl (C=O) groups is 2. The van der Waals surface area contributed by atoms with Crippen LogP contribution in [-0.2, 0) is 23.2 Å². The van der Waals surface area contributed by atoms with Gasteiger partial charge in [0.2, 0.25) is 11.8 Å². The zero-order valence-electron chi connectivity index (χ0n) is 13.0. The Labute approximate surface area is 133 Å². The highest BCUT2D eigenvalue weighted by Crippen LogP contribution is 2.28. The van der Waals surface area contributed by atoms with E-state index in [2.05, 4.69) is 26.3 Å². The molecule has 0 bridgehead atoms. The van der Waals surface area contributed by atoms with Gasteiger partial charge in [-0.15, -0.1) is 0 Å². The molecule has 2 heterocycles. The molecule has 0 spiro atoms. The summed E-state index contributed by atoms with van der Waals surface area (Å²) in [5, 5.41) is 7.13. The number of piperazine rings is 1. The molecule has 6 nitrogen and oxygen atoms in total. The van der Waals surface area contributed by atoms with Gasteiger partial charge in [-0.3, -0.25) is 14.3 Å². The number of carbonyl (C=O) groups excluding carboxylic acids is 2. The Bertz CT molecular complexity index is 594. The van der Waals surface area contributed by atoms with Gasteiger partial charge in [0.1, 0.15) is 11.6 Å². The van der Waals surface area contributed by atoms with Crippen LogP contribution in [0.15, 0.2) is 4.47 Å². The molecule has 1 aromatic heterocycles. The minimum Gasteiger partial charge on any atom is -0.342 e. The van der Waals surface area contributed by atoms with Crippen molar-refractivity contribution < 1.29 is 9.59 Å². The SMILES string of the molecule is CCC1NC(=O)C(C)(C)N(Cc2c(Br)c(C)nn2C)C1=O. The van der Waals surface area contributed by atoms with Gasteiger partial charge in [-0.05, 0) is 43.1 Å². The van der Waals surface area contributed by atoms with Gasteiger partial charge in [-0.1, -0.05) is 6.92 Å². The molecule has 1 aromatic rings. The van der Waals surface area contributed by atoms with Crippen LogP contribution in [0, 0.1) is 6.92 Å². The predicted molar refractivity (Wildman–Crippen MR) is 82.5 cm³/mol. The maximum atomic E-state index is 12.6.